The average molecular weight is 681 g/mol. The molecule has 0 fully saturated rings. The van der Waals surface area contributed by atoms with Gasteiger partial charge in [0.25, 0.3) is 0 Å². The number of esters is 1. The molecule has 0 saturated heterocycles. The van der Waals surface area contributed by atoms with Crippen LogP contribution in [0.15, 0.2) is 113 Å². The topological polar surface area (TPSA) is 54.0 Å². The SMILES string of the molecule is C#C.C/C=C(\C=C(\C)C(C)/C=C/C(=O)OCC)Oc1cccc(Oc2ccc(C(F)(F)F)cc2OC2=C(C)C=CCC(C)=C2)c1.CC.CC. The van der Waals surface area contributed by atoms with Gasteiger partial charge in [0, 0.05) is 12.1 Å². The predicted octanol–water partition coefficient (Wildman–Crippen LogP) is 12.3. The molecule has 0 radical (unpaired) electrons. The first-order valence-corrected chi connectivity index (χ1v) is 16.3. The fourth-order valence-corrected chi connectivity index (χ4v) is 3.93. The van der Waals surface area contributed by atoms with Crippen molar-refractivity contribution in [2.24, 2.45) is 5.92 Å². The first-order valence-electron chi connectivity index (χ1n) is 16.3. The van der Waals surface area contributed by atoms with Crippen LogP contribution in [0.5, 0.6) is 23.0 Å². The summed E-state index contributed by atoms with van der Waals surface area (Å²) in [6.07, 6.45) is 16.7. The lowest BCUT2D eigenvalue weighted by atomic mass is 10.0. The smallest absolute Gasteiger partial charge is 0.416 e. The van der Waals surface area contributed by atoms with Crippen LogP contribution in [-0.4, -0.2) is 12.6 Å². The maximum absolute atomic E-state index is 13.6. The van der Waals surface area contributed by atoms with E-state index in [1.165, 1.54) is 12.1 Å². The molecule has 0 N–H and O–H groups in total. The molecule has 0 aromatic heterocycles. The fraction of sp³-hybridized carbons (Fsp3) is 0.341. The Kier molecular flexibility index (Phi) is 21.1. The number of ether oxygens (including phenoxy) is 4. The van der Waals surface area contributed by atoms with Crippen LogP contribution in [0.3, 0.4) is 0 Å². The summed E-state index contributed by atoms with van der Waals surface area (Å²) in [5.74, 6) is 1.44. The van der Waals surface area contributed by atoms with Crippen molar-refractivity contribution in [3.63, 3.8) is 0 Å². The normalized spacial score (nSPS) is 13.7. The number of rotatable bonds is 11. The van der Waals surface area contributed by atoms with Crippen molar-refractivity contribution in [1.82, 2.24) is 0 Å². The Bertz CT molecular complexity index is 1540. The van der Waals surface area contributed by atoms with Crippen LogP contribution in [0.2, 0.25) is 0 Å². The number of allylic oxidation sites excluding steroid dienone is 9. The van der Waals surface area contributed by atoms with Gasteiger partial charge in [0.05, 0.1) is 12.2 Å². The third kappa shape index (κ3) is 15.7. The van der Waals surface area contributed by atoms with Crippen molar-refractivity contribution >= 4 is 5.97 Å². The summed E-state index contributed by atoms with van der Waals surface area (Å²) in [6, 6.07) is 9.93. The van der Waals surface area contributed by atoms with Crippen molar-refractivity contribution in [2.75, 3.05) is 6.61 Å². The Hall–Kier alpha value is -4.90. The third-order valence-electron chi connectivity index (χ3n) is 6.51. The van der Waals surface area contributed by atoms with E-state index < -0.39 is 17.7 Å². The van der Waals surface area contributed by atoms with Gasteiger partial charge in [0.1, 0.15) is 23.0 Å². The molecule has 1 atom stereocenters. The van der Waals surface area contributed by atoms with E-state index in [1.54, 1.807) is 43.3 Å². The van der Waals surface area contributed by atoms with Crippen molar-refractivity contribution in [2.45, 2.75) is 81.8 Å². The van der Waals surface area contributed by atoms with Crippen molar-refractivity contribution in [1.29, 1.82) is 0 Å². The molecule has 49 heavy (non-hydrogen) atoms. The number of benzene rings is 2. The maximum Gasteiger partial charge on any atom is 0.416 e. The largest absolute Gasteiger partial charge is 0.463 e. The van der Waals surface area contributed by atoms with Crippen LogP contribution in [0.25, 0.3) is 0 Å². The first-order chi connectivity index (χ1) is 23.4. The number of hydrogen-bond acceptors (Lipinski definition) is 5. The van der Waals surface area contributed by atoms with Crippen LogP contribution in [0.1, 0.15) is 81.2 Å². The third-order valence-corrected chi connectivity index (χ3v) is 6.51. The molecule has 2 aromatic carbocycles. The zero-order chi connectivity index (χ0) is 37.6. The molecule has 1 aliphatic rings. The Morgan fingerprint density at radius 1 is 0.980 bits per heavy atom. The van der Waals surface area contributed by atoms with Gasteiger partial charge in [-0.15, -0.1) is 12.8 Å². The van der Waals surface area contributed by atoms with E-state index in [-0.39, 0.29) is 17.4 Å². The summed E-state index contributed by atoms with van der Waals surface area (Å²) in [6.45, 7) is 19.5. The van der Waals surface area contributed by atoms with Gasteiger partial charge in [0.15, 0.2) is 11.5 Å². The van der Waals surface area contributed by atoms with Gasteiger partial charge in [-0.2, -0.15) is 13.2 Å². The Morgan fingerprint density at radius 2 is 1.63 bits per heavy atom. The van der Waals surface area contributed by atoms with E-state index in [0.717, 1.165) is 35.3 Å². The van der Waals surface area contributed by atoms with E-state index in [1.807, 2.05) is 86.6 Å². The summed E-state index contributed by atoms with van der Waals surface area (Å²) < 4.78 is 63.8. The molecule has 8 heteroatoms. The van der Waals surface area contributed by atoms with Crippen molar-refractivity contribution in [3.8, 4) is 35.8 Å². The second-order valence-corrected chi connectivity index (χ2v) is 10.1. The second kappa shape index (κ2) is 23.4. The molecule has 0 bridgehead atoms. The van der Waals surface area contributed by atoms with Crippen molar-refractivity contribution < 1.29 is 36.9 Å². The zero-order valence-corrected chi connectivity index (χ0v) is 30.4. The number of hydrogen-bond donors (Lipinski definition) is 0. The highest BCUT2D eigenvalue weighted by Crippen LogP contribution is 2.40. The van der Waals surface area contributed by atoms with Gasteiger partial charge in [-0.25, -0.2) is 4.79 Å². The van der Waals surface area contributed by atoms with Gasteiger partial charge < -0.3 is 18.9 Å². The number of carbonyl (C=O) groups excluding carboxylic acids is 1. The Balaban J connectivity index is 0.00000363. The van der Waals surface area contributed by atoms with Crippen LogP contribution in [-0.2, 0) is 15.7 Å². The molecule has 0 heterocycles. The predicted molar refractivity (Wildman–Crippen MR) is 194 cm³/mol. The van der Waals surface area contributed by atoms with Crippen LogP contribution in [0.4, 0.5) is 13.2 Å². The molecule has 0 saturated carbocycles. The van der Waals surface area contributed by atoms with Crippen molar-refractivity contribution in [3.05, 3.63) is 119 Å². The second-order valence-electron chi connectivity index (χ2n) is 10.1. The van der Waals surface area contributed by atoms with Gasteiger partial charge in [0.2, 0.25) is 0 Å². The van der Waals surface area contributed by atoms with Gasteiger partial charge in [-0.1, -0.05) is 70.1 Å². The quantitative estimate of drug-likeness (QED) is 0.0777. The van der Waals surface area contributed by atoms with Crippen LogP contribution in [0, 0.1) is 18.8 Å². The molecule has 1 aliphatic carbocycles. The molecular formula is C41H51F3O5. The van der Waals surface area contributed by atoms with Gasteiger partial charge in [-0.05, 0) is 101 Å². The average Bonchev–Trinajstić information content (AvgIpc) is 3.25. The summed E-state index contributed by atoms with van der Waals surface area (Å²) in [7, 11) is 0. The highest BCUT2D eigenvalue weighted by molar-refractivity contribution is 5.81. The number of carbonyl (C=O) groups is 1. The van der Waals surface area contributed by atoms with E-state index in [9.17, 15) is 18.0 Å². The molecule has 3 rings (SSSR count). The maximum atomic E-state index is 13.6. The van der Waals surface area contributed by atoms with E-state index in [0.29, 0.717) is 29.6 Å². The fourth-order valence-electron chi connectivity index (χ4n) is 3.93. The van der Waals surface area contributed by atoms with E-state index >= 15 is 0 Å². The lowest BCUT2D eigenvalue weighted by molar-refractivity contribution is -0.138. The lowest BCUT2D eigenvalue weighted by Gasteiger charge is -2.17. The molecule has 266 valence electrons. The summed E-state index contributed by atoms with van der Waals surface area (Å²) >= 11 is 0. The molecular weight excluding hydrogens is 629 g/mol. The molecule has 0 aliphatic heterocycles. The standard InChI is InChI=1S/C35H37F3O5.2C2H6.C2H2/c1-7-28(20-26(6)24(4)15-18-34(39)40-8-2)41-29-13-10-14-30(22-29)42-31-17-16-27(35(36,37)38)21-33(31)43-32-19-23(3)11-9-12-25(32)5;3*1-2/h7,9-10,12-22,24H,8,11H2,1-6H3;2*1-2H3;1-2H/b18-15+,26-20-,28-7+;;;. The lowest BCUT2D eigenvalue weighted by Crippen LogP contribution is -2.06. The summed E-state index contributed by atoms with van der Waals surface area (Å²) in [5.41, 5.74) is 1.90. The molecule has 2 aromatic rings. The molecule has 0 spiro atoms. The van der Waals surface area contributed by atoms with E-state index in [4.69, 9.17) is 18.9 Å². The van der Waals surface area contributed by atoms with E-state index in [2.05, 4.69) is 12.8 Å². The molecule has 0 amide bonds. The number of terminal acetylenes is 1. The highest BCUT2D eigenvalue weighted by atomic mass is 19.4. The minimum atomic E-state index is -4.55. The monoisotopic (exact) mass is 680 g/mol. The summed E-state index contributed by atoms with van der Waals surface area (Å²) in [4.78, 5) is 11.6. The van der Waals surface area contributed by atoms with Crippen LogP contribution < -0.4 is 14.2 Å². The molecule has 1 unspecified atom stereocenters. The Morgan fingerprint density at radius 3 is 2.24 bits per heavy atom. The summed E-state index contributed by atoms with van der Waals surface area (Å²) in [5, 5.41) is 0. The number of alkyl halides is 3. The highest BCUT2D eigenvalue weighted by Gasteiger charge is 2.32. The number of halogens is 3. The zero-order valence-electron chi connectivity index (χ0n) is 30.4. The Labute approximate surface area is 291 Å². The first kappa shape index (κ1) is 44.1. The van der Waals surface area contributed by atoms with Gasteiger partial charge in [-0.3, -0.25) is 0 Å². The van der Waals surface area contributed by atoms with Gasteiger partial charge >= 0.3 is 12.1 Å². The minimum absolute atomic E-state index is 0.0444. The molecule has 5 nitrogen and oxygen atoms in total. The minimum Gasteiger partial charge on any atom is -0.463 e. The van der Waals surface area contributed by atoms with Crippen LogP contribution >= 0.6 is 0 Å².